The molecule has 0 saturated carbocycles. The van der Waals surface area contributed by atoms with Crippen LogP contribution >= 0.6 is 15.9 Å². The van der Waals surface area contributed by atoms with Crippen molar-refractivity contribution in [3.8, 4) is 0 Å². The molecule has 5 nitrogen and oxygen atoms in total. The molecule has 0 fully saturated rings. The Bertz CT molecular complexity index is 481. The molecule has 16 heavy (non-hydrogen) atoms. The summed E-state index contributed by atoms with van der Waals surface area (Å²) in [5.74, 6) is 0.728. The number of pyridine rings is 1. The molecule has 2 aromatic heterocycles. The Hall–Kier alpha value is -1.14. The first-order valence-electron chi connectivity index (χ1n) is 5.14. The maximum Gasteiger partial charge on any atom is 0.245 e. The topological polar surface area (TPSA) is 59.5 Å². The van der Waals surface area contributed by atoms with E-state index in [0.717, 1.165) is 29.0 Å². The molecule has 2 heterocycles. The summed E-state index contributed by atoms with van der Waals surface area (Å²) >= 11 is 3.40. The van der Waals surface area contributed by atoms with Gasteiger partial charge in [-0.3, -0.25) is 0 Å². The lowest BCUT2D eigenvalue weighted by atomic mass is 10.4. The van der Waals surface area contributed by atoms with Crippen LogP contribution < -0.4 is 10.6 Å². The van der Waals surface area contributed by atoms with Crippen LogP contribution in [0.2, 0.25) is 0 Å². The molecule has 0 aromatic carbocycles. The van der Waals surface area contributed by atoms with Gasteiger partial charge < -0.3 is 10.6 Å². The summed E-state index contributed by atoms with van der Waals surface area (Å²) in [5.41, 5.74) is 6.32. The molecular weight excluding hydrogens is 270 g/mol. The number of aromatic nitrogens is 3. The zero-order valence-electron chi connectivity index (χ0n) is 9.10. The Morgan fingerprint density at radius 1 is 1.50 bits per heavy atom. The van der Waals surface area contributed by atoms with E-state index in [0.29, 0.717) is 6.54 Å². The standard InChI is InChI=1S/C10H14BrN5/c1-15(6-2-5-12)10-13-9-4-3-8(11)7-16(9)14-10/h3-4,7H,2,5-6,12H2,1H3. The Kier molecular flexibility index (Phi) is 3.40. The molecule has 0 bridgehead atoms. The number of anilines is 1. The highest BCUT2D eigenvalue weighted by atomic mass is 79.9. The number of hydrogen-bond acceptors (Lipinski definition) is 4. The van der Waals surface area contributed by atoms with Crippen molar-refractivity contribution in [2.75, 3.05) is 25.0 Å². The minimum atomic E-state index is 0.684. The number of nitrogens with zero attached hydrogens (tertiary/aromatic N) is 4. The predicted molar refractivity (Wildman–Crippen MR) is 67.6 cm³/mol. The van der Waals surface area contributed by atoms with Gasteiger partial charge in [-0.25, -0.2) is 4.52 Å². The molecular formula is C10H14BrN5. The van der Waals surface area contributed by atoms with E-state index < -0.39 is 0 Å². The molecule has 0 saturated heterocycles. The van der Waals surface area contributed by atoms with Crippen molar-refractivity contribution < 1.29 is 0 Å². The van der Waals surface area contributed by atoms with Crippen LogP contribution in [-0.4, -0.2) is 34.7 Å². The maximum absolute atomic E-state index is 5.47. The summed E-state index contributed by atoms with van der Waals surface area (Å²) in [6, 6.07) is 3.88. The van der Waals surface area contributed by atoms with E-state index in [-0.39, 0.29) is 0 Å². The van der Waals surface area contributed by atoms with Gasteiger partial charge in [0.2, 0.25) is 5.95 Å². The van der Waals surface area contributed by atoms with Gasteiger partial charge in [0, 0.05) is 24.3 Å². The van der Waals surface area contributed by atoms with Gasteiger partial charge in [-0.2, -0.15) is 4.98 Å². The number of hydrogen-bond donors (Lipinski definition) is 1. The third kappa shape index (κ3) is 2.33. The molecule has 0 spiro atoms. The number of rotatable bonds is 4. The molecule has 0 radical (unpaired) electrons. The maximum atomic E-state index is 5.47. The van der Waals surface area contributed by atoms with Crippen LogP contribution in [0.3, 0.4) is 0 Å². The lowest BCUT2D eigenvalue weighted by Gasteiger charge is -2.12. The molecule has 0 amide bonds. The second-order valence-corrected chi connectivity index (χ2v) is 4.54. The van der Waals surface area contributed by atoms with Gasteiger partial charge in [-0.1, -0.05) is 0 Å². The van der Waals surface area contributed by atoms with Gasteiger partial charge in [-0.05, 0) is 41.0 Å². The first-order chi connectivity index (χ1) is 7.70. The van der Waals surface area contributed by atoms with Crippen molar-refractivity contribution in [2.24, 2.45) is 5.73 Å². The van der Waals surface area contributed by atoms with Crippen LogP contribution in [-0.2, 0) is 0 Å². The number of fused-ring (bicyclic) bond motifs is 1. The van der Waals surface area contributed by atoms with Gasteiger partial charge in [0.05, 0.1) is 0 Å². The highest BCUT2D eigenvalue weighted by Crippen LogP contribution is 2.13. The fourth-order valence-electron chi connectivity index (χ4n) is 1.44. The summed E-state index contributed by atoms with van der Waals surface area (Å²) < 4.78 is 2.75. The molecule has 2 aromatic rings. The normalized spacial score (nSPS) is 10.9. The van der Waals surface area contributed by atoms with Crippen molar-refractivity contribution in [1.82, 2.24) is 14.6 Å². The minimum Gasteiger partial charge on any atom is -0.343 e. The van der Waals surface area contributed by atoms with Gasteiger partial charge in [0.25, 0.3) is 0 Å². The van der Waals surface area contributed by atoms with Crippen molar-refractivity contribution in [2.45, 2.75) is 6.42 Å². The van der Waals surface area contributed by atoms with E-state index in [1.165, 1.54) is 0 Å². The first kappa shape index (κ1) is 11.3. The van der Waals surface area contributed by atoms with Crippen LogP contribution in [0.4, 0.5) is 5.95 Å². The Morgan fingerprint density at radius 3 is 3.06 bits per heavy atom. The van der Waals surface area contributed by atoms with E-state index in [4.69, 9.17) is 5.73 Å². The summed E-state index contributed by atoms with van der Waals surface area (Å²) in [4.78, 5) is 6.43. The molecule has 2 N–H and O–H groups in total. The highest BCUT2D eigenvalue weighted by Gasteiger charge is 2.07. The molecule has 0 atom stereocenters. The zero-order chi connectivity index (χ0) is 11.5. The quantitative estimate of drug-likeness (QED) is 0.918. The Balaban J connectivity index is 2.25. The van der Waals surface area contributed by atoms with Crippen LogP contribution in [0.15, 0.2) is 22.8 Å². The second kappa shape index (κ2) is 4.80. The highest BCUT2D eigenvalue weighted by molar-refractivity contribution is 9.10. The fraction of sp³-hybridized carbons (Fsp3) is 0.400. The van der Waals surface area contributed by atoms with Crippen LogP contribution in [0, 0.1) is 0 Å². The van der Waals surface area contributed by atoms with Crippen molar-refractivity contribution >= 4 is 27.5 Å². The van der Waals surface area contributed by atoms with Gasteiger partial charge in [0.15, 0.2) is 5.65 Å². The Morgan fingerprint density at radius 2 is 2.31 bits per heavy atom. The molecule has 86 valence electrons. The molecule has 0 aliphatic heterocycles. The van der Waals surface area contributed by atoms with Crippen molar-refractivity contribution in [3.63, 3.8) is 0 Å². The van der Waals surface area contributed by atoms with Crippen LogP contribution in [0.1, 0.15) is 6.42 Å². The third-order valence-electron chi connectivity index (χ3n) is 2.32. The lowest BCUT2D eigenvalue weighted by molar-refractivity contribution is 0.772. The van der Waals surface area contributed by atoms with E-state index in [1.54, 1.807) is 4.52 Å². The molecule has 0 aliphatic rings. The van der Waals surface area contributed by atoms with E-state index >= 15 is 0 Å². The average Bonchev–Trinajstić information content (AvgIpc) is 2.68. The first-order valence-corrected chi connectivity index (χ1v) is 5.93. The van der Waals surface area contributed by atoms with E-state index in [2.05, 4.69) is 26.0 Å². The van der Waals surface area contributed by atoms with E-state index in [1.807, 2.05) is 30.3 Å². The average molecular weight is 284 g/mol. The van der Waals surface area contributed by atoms with Crippen molar-refractivity contribution in [1.29, 1.82) is 0 Å². The summed E-state index contributed by atoms with van der Waals surface area (Å²) in [7, 11) is 1.97. The van der Waals surface area contributed by atoms with Crippen molar-refractivity contribution in [3.05, 3.63) is 22.8 Å². The summed E-state index contributed by atoms with van der Waals surface area (Å²) in [6.45, 7) is 1.55. The number of halogens is 1. The molecule has 0 unspecified atom stereocenters. The van der Waals surface area contributed by atoms with Gasteiger partial charge in [-0.15, -0.1) is 5.10 Å². The summed E-state index contributed by atoms with van der Waals surface area (Å²) in [5, 5.41) is 4.39. The predicted octanol–water partition coefficient (Wildman–Crippen LogP) is 1.28. The molecule has 6 heteroatoms. The van der Waals surface area contributed by atoms with E-state index in [9.17, 15) is 0 Å². The Labute approximate surface area is 102 Å². The van der Waals surface area contributed by atoms with Gasteiger partial charge >= 0.3 is 0 Å². The fourth-order valence-corrected chi connectivity index (χ4v) is 1.76. The largest absolute Gasteiger partial charge is 0.343 e. The zero-order valence-corrected chi connectivity index (χ0v) is 10.7. The number of nitrogens with two attached hydrogens (primary N) is 1. The monoisotopic (exact) mass is 283 g/mol. The second-order valence-electron chi connectivity index (χ2n) is 3.63. The molecule has 0 aliphatic carbocycles. The van der Waals surface area contributed by atoms with Crippen LogP contribution in [0.25, 0.3) is 5.65 Å². The van der Waals surface area contributed by atoms with Gasteiger partial charge in [0.1, 0.15) is 0 Å². The smallest absolute Gasteiger partial charge is 0.245 e. The lowest BCUT2D eigenvalue weighted by Crippen LogP contribution is -2.22. The van der Waals surface area contributed by atoms with Crippen LogP contribution in [0.5, 0.6) is 0 Å². The molecule has 2 rings (SSSR count). The summed E-state index contributed by atoms with van der Waals surface area (Å²) in [6.07, 6.45) is 2.83. The SMILES string of the molecule is CN(CCCN)c1nc2ccc(Br)cn2n1. The minimum absolute atomic E-state index is 0.684. The third-order valence-corrected chi connectivity index (χ3v) is 2.79.